The number of hydrogen-bond donors (Lipinski definition) is 3. The van der Waals surface area contributed by atoms with Crippen LogP contribution in [0.4, 0.5) is 0 Å². The van der Waals surface area contributed by atoms with Crippen LogP contribution in [0.3, 0.4) is 0 Å². The van der Waals surface area contributed by atoms with Gasteiger partial charge in [-0.2, -0.15) is 0 Å². The fourth-order valence-corrected chi connectivity index (χ4v) is 4.20. The third-order valence-electron chi connectivity index (χ3n) is 4.51. The van der Waals surface area contributed by atoms with Crippen LogP contribution < -0.4 is 15.6 Å². The molecular formula is C22H21N3O5S2. The first kappa shape index (κ1) is 23.3. The number of para-hydroxylation sites is 1. The Hall–Kier alpha value is -3.37. The van der Waals surface area contributed by atoms with Crippen LogP contribution in [0.25, 0.3) is 6.08 Å². The predicted molar refractivity (Wildman–Crippen MR) is 126 cm³/mol. The molecule has 0 aliphatic carbocycles. The van der Waals surface area contributed by atoms with Gasteiger partial charge in [-0.15, -0.1) is 0 Å². The number of hydrogen-bond acceptors (Lipinski definition) is 7. The van der Waals surface area contributed by atoms with Crippen molar-refractivity contribution in [1.82, 2.24) is 15.8 Å². The zero-order chi connectivity index (χ0) is 23.1. The van der Waals surface area contributed by atoms with Crippen molar-refractivity contribution in [3.05, 3.63) is 64.6 Å². The highest BCUT2D eigenvalue weighted by Crippen LogP contribution is 2.33. The Morgan fingerprint density at radius 3 is 2.72 bits per heavy atom. The number of amides is 3. The van der Waals surface area contributed by atoms with E-state index in [1.807, 2.05) is 24.3 Å². The summed E-state index contributed by atoms with van der Waals surface area (Å²) in [6.45, 7) is 0.279. The number of aromatic hydroxyl groups is 1. The molecule has 8 nitrogen and oxygen atoms in total. The molecule has 3 amide bonds. The summed E-state index contributed by atoms with van der Waals surface area (Å²) in [4.78, 5) is 38.7. The topological polar surface area (TPSA) is 108 Å². The van der Waals surface area contributed by atoms with Gasteiger partial charge < -0.3 is 9.84 Å². The van der Waals surface area contributed by atoms with E-state index in [0.717, 1.165) is 5.56 Å². The van der Waals surface area contributed by atoms with Crippen LogP contribution in [0.1, 0.15) is 28.8 Å². The Bertz CT molecular complexity index is 1090. The van der Waals surface area contributed by atoms with Crippen molar-refractivity contribution in [2.24, 2.45) is 0 Å². The average Bonchev–Trinajstić information content (AvgIpc) is 3.05. The lowest BCUT2D eigenvalue weighted by molar-refractivity contribution is -0.124. The molecule has 1 fully saturated rings. The van der Waals surface area contributed by atoms with Gasteiger partial charge in [-0.25, -0.2) is 0 Å². The number of thiocarbonyl (C=S) groups is 1. The van der Waals surface area contributed by atoms with Gasteiger partial charge in [-0.1, -0.05) is 48.2 Å². The van der Waals surface area contributed by atoms with Crippen LogP contribution in [0.15, 0.2) is 53.4 Å². The maximum Gasteiger partial charge on any atom is 0.273 e. The minimum atomic E-state index is -0.629. The number of carbonyl (C=O) groups is 3. The first-order valence-electron chi connectivity index (χ1n) is 9.65. The molecule has 166 valence electrons. The van der Waals surface area contributed by atoms with E-state index in [1.54, 1.807) is 25.3 Å². The van der Waals surface area contributed by atoms with Gasteiger partial charge >= 0.3 is 0 Å². The minimum absolute atomic E-state index is 0.0492. The van der Waals surface area contributed by atoms with Gasteiger partial charge in [0.25, 0.3) is 11.8 Å². The van der Waals surface area contributed by atoms with Gasteiger partial charge in [0.15, 0.2) is 0 Å². The number of benzene rings is 2. The molecule has 2 aromatic carbocycles. The summed E-state index contributed by atoms with van der Waals surface area (Å²) in [5.74, 6) is -0.760. The number of ether oxygens (including phenoxy) is 1. The number of thioether (sulfide) groups is 1. The second-order valence-electron chi connectivity index (χ2n) is 6.73. The van der Waals surface area contributed by atoms with E-state index in [1.165, 1.54) is 28.8 Å². The van der Waals surface area contributed by atoms with Crippen LogP contribution in [0.2, 0.25) is 0 Å². The van der Waals surface area contributed by atoms with Crippen molar-refractivity contribution in [2.45, 2.75) is 12.8 Å². The van der Waals surface area contributed by atoms with Crippen molar-refractivity contribution in [3.63, 3.8) is 0 Å². The zero-order valence-corrected chi connectivity index (χ0v) is 18.8. The summed E-state index contributed by atoms with van der Waals surface area (Å²) in [5, 5.41) is 9.66. The van der Waals surface area contributed by atoms with Crippen molar-refractivity contribution in [1.29, 1.82) is 0 Å². The van der Waals surface area contributed by atoms with Crippen molar-refractivity contribution in [2.75, 3.05) is 13.7 Å². The maximum absolute atomic E-state index is 12.7. The van der Waals surface area contributed by atoms with Gasteiger partial charge in [0.05, 0.1) is 17.6 Å². The molecule has 0 atom stereocenters. The van der Waals surface area contributed by atoms with Gasteiger partial charge in [-0.3, -0.25) is 30.1 Å². The normalized spacial score (nSPS) is 14.5. The summed E-state index contributed by atoms with van der Waals surface area (Å²) >= 11 is 6.52. The molecule has 10 heteroatoms. The Balaban J connectivity index is 1.48. The first-order chi connectivity index (χ1) is 15.4. The number of carbonyl (C=O) groups excluding carboxylic acids is 3. The Morgan fingerprint density at radius 2 is 1.97 bits per heavy atom. The van der Waals surface area contributed by atoms with Crippen LogP contribution in [0, 0.1) is 0 Å². The lowest BCUT2D eigenvalue weighted by Gasteiger charge is -2.14. The van der Waals surface area contributed by atoms with Crippen molar-refractivity contribution >= 4 is 52.1 Å². The third kappa shape index (κ3) is 5.86. The molecule has 1 aliphatic rings. The van der Waals surface area contributed by atoms with E-state index in [0.29, 0.717) is 21.4 Å². The highest BCUT2D eigenvalue weighted by Gasteiger charge is 2.31. The number of nitrogens with zero attached hydrogens (tertiary/aromatic N) is 1. The summed E-state index contributed by atoms with van der Waals surface area (Å²) in [5.41, 5.74) is 5.42. The molecular weight excluding hydrogens is 450 g/mol. The summed E-state index contributed by atoms with van der Waals surface area (Å²) < 4.78 is 5.62. The molecule has 2 aromatic rings. The van der Waals surface area contributed by atoms with Gasteiger partial charge in [-0.05, 0) is 42.3 Å². The second-order valence-corrected chi connectivity index (χ2v) is 8.41. The molecule has 3 rings (SSSR count). The van der Waals surface area contributed by atoms with Gasteiger partial charge in [0.2, 0.25) is 5.91 Å². The molecule has 1 saturated heterocycles. The SMILES string of the molecule is COc1cccc(/C=C2\SC(=S)N(CCCC(=O)NNC(=O)c3ccccc3O)C2=O)c1. The molecule has 0 aromatic heterocycles. The molecule has 0 bridgehead atoms. The van der Waals surface area contributed by atoms with E-state index in [9.17, 15) is 19.5 Å². The minimum Gasteiger partial charge on any atom is -0.507 e. The summed E-state index contributed by atoms with van der Waals surface area (Å²) in [7, 11) is 1.58. The first-order valence-corrected chi connectivity index (χ1v) is 10.9. The van der Waals surface area contributed by atoms with E-state index in [4.69, 9.17) is 17.0 Å². The van der Waals surface area contributed by atoms with Crippen molar-refractivity contribution in [3.8, 4) is 11.5 Å². The highest BCUT2D eigenvalue weighted by molar-refractivity contribution is 8.26. The molecule has 0 saturated carbocycles. The fraction of sp³-hybridized carbons (Fsp3) is 0.182. The van der Waals surface area contributed by atoms with E-state index in [-0.39, 0.29) is 30.2 Å². The Labute approximate surface area is 194 Å². The number of methoxy groups -OCH3 is 1. The number of phenolic OH excluding ortho intramolecular Hbond substituents is 1. The number of rotatable bonds is 7. The largest absolute Gasteiger partial charge is 0.507 e. The molecule has 0 radical (unpaired) electrons. The number of nitrogens with one attached hydrogen (secondary N) is 2. The molecule has 0 spiro atoms. The second kappa shape index (κ2) is 10.8. The van der Waals surface area contributed by atoms with E-state index >= 15 is 0 Å². The van der Waals surface area contributed by atoms with E-state index < -0.39 is 11.8 Å². The quantitative estimate of drug-likeness (QED) is 0.324. The van der Waals surface area contributed by atoms with Crippen molar-refractivity contribution < 1.29 is 24.2 Å². The molecule has 1 aliphatic heterocycles. The average molecular weight is 472 g/mol. The molecule has 1 heterocycles. The van der Waals surface area contributed by atoms with E-state index in [2.05, 4.69) is 10.9 Å². The lowest BCUT2D eigenvalue weighted by atomic mass is 10.2. The number of hydrazine groups is 1. The van der Waals surface area contributed by atoms with Gasteiger partial charge in [0.1, 0.15) is 15.8 Å². The highest BCUT2D eigenvalue weighted by atomic mass is 32.2. The number of phenols is 1. The maximum atomic E-state index is 12.7. The Morgan fingerprint density at radius 1 is 1.19 bits per heavy atom. The summed E-state index contributed by atoms with van der Waals surface area (Å²) in [6, 6.07) is 13.3. The monoisotopic (exact) mass is 471 g/mol. The standard InChI is InChI=1S/C22H21N3O5S2/c1-30-15-7-4-6-14(12-15)13-18-21(29)25(22(31)32-18)11-5-10-19(27)23-24-20(28)16-8-2-3-9-17(16)26/h2-4,6-9,12-13,26H,5,10-11H2,1H3,(H,23,27)(H,24,28)/b18-13-. The molecule has 3 N–H and O–H groups in total. The van der Waals surface area contributed by atoms with Crippen LogP contribution in [-0.4, -0.2) is 45.7 Å². The van der Waals surface area contributed by atoms with Crippen LogP contribution in [-0.2, 0) is 9.59 Å². The third-order valence-corrected chi connectivity index (χ3v) is 5.89. The fourth-order valence-electron chi connectivity index (χ4n) is 2.90. The Kier molecular flexibility index (Phi) is 7.85. The van der Waals surface area contributed by atoms with Gasteiger partial charge in [0, 0.05) is 13.0 Å². The smallest absolute Gasteiger partial charge is 0.273 e. The predicted octanol–water partition coefficient (Wildman–Crippen LogP) is 2.84. The summed E-state index contributed by atoms with van der Waals surface area (Å²) in [6.07, 6.45) is 2.19. The van der Waals surface area contributed by atoms with Crippen LogP contribution in [0.5, 0.6) is 11.5 Å². The van der Waals surface area contributed by atoms with Crippen LogP contribution >= 0.6 is 24.0 Å². The zero-order valence-electron chi connectivity index (χ0n) is 17.2. The lowest BCUT2D eigenvalue weighted by Crippen LogP contribution is -2.42. The molecule has 32 heavy (non-hydrogen) atoms. The molecule has 0 unspecified atom stereocenters.